The van der Waals surface area contributed by atoms with E-state index in [4.69, 9.17) is 4.74 Å². The molecule has 0 N–H and O–H groups in total. The van der Waals surface area contributed by atoms with Crippen molar-refractivity contribution in [3.8, 4) is 5.75 Å². The molecule has 144 valence electrons. The van der Waals surface area contributed by atoms with E-state index in [1.807, 2.05) is 49.4 Å². The van der Waals surface area contributed by atoms with Gasteiger partial charge in [-0.25, -0.2) is 4.39 Å². The Morgan fingerprint density at radius 1 is 1.07 bits per heavy atom. The van der Waals surface area contributed by atoms with E-state index in [0.29, 0.717) is 18.0 Å². The standard InChI is InChI=1S/C25H21FNO2/c1-17(2)23-15-27(28)24-14-21(29-16-18-6-4-3-5-7-18)12-13-22(24)25(23)19-8-10-20(26)11-9-19/h3-14H,1,15-16H2,2H3/q+1. The van der Waals surface area contributed by atoms with Crippen molar-refractivity contribution in [3.05, 3.63) is 118 Å². The van der Waals surface area contributed by atoms with Gasteiger partial charge in [-0.05, 0) is 47.9 Å². The molecule has 3 nitrogen and oxygen atoms in total. The van der Waals surface area contributed by atoms with Gasteiger partial charge < -0.3 is 4.74 Å². The van der Waals surface area contributed by atoms with E-state index in [9.17, 15) is 9.30 Å². The summed E-state index contributed by atoms with van der Waals surface area (Å²) in [6.07, 6.45) is 0. The normalized spacial score (nSPS) is 13.2. The molecule has 1 aliphatic heterocycles. The van der Waals surface area contributed by atoms with Crippen molar-refractivity contribution in [1.29, 1.82) is 0 Å². The molecule has 3 aromatic rings. The highest BCUT2D eigenvalue weighted by Crippen LogP contribution is 2.41. The van der Waals surface area contributed by atoms with Crippen molar-refractivity contribution in [2.24, 2.45) is 0 Å². The fourth-order valence-corrected chi connectivity index (χ4v) is 3.52. The average Bonchev–Trinajstić information content (AvgIpc) is 2.74. The fraction of sp³-hybridized carbons (Fsp3) is 0.120. The summed E-state index contributed by atoms with van der Waals surface area (Å²) in [6, 6.07) is 21.7. The van der Waals surface area contributed by atoms with Crippen molar-refractivity contribution >= 4 is 11.3 Å². The highest BCUT2D eigenvalue weighted by atomic mass is 19.1. The molecule has 0 aliphatic carbocycles. The molecule has 0 saturated heterocycles. The Morgan fingerprint density at radius 2 is 1.79 bits per heavy atom. The Kier molecular flexibility index (Phi) is 5.09. The van der Waals surface area contributed by atoms with E-state index in [0.717, 1.165) is 38.2 Å². The average molecular weight is 386 g/mol. The van der Waals surface area contributed by atoms with Gasteiger partial charge in [0, 0.05) is 20.8 Å². The zero-order valence-electron chi connectivity index (χ0n) is 16.2. The van der Waals surface area contributed by atoms with Gasteiger partial charge in [0.15, 0.2) is 0 Å². The van der Waals surface area contributed by atoms with Crippen LogP contribution in [-0.4, -0.2) is 11.3 Å². The fourth-order valence-electron chi connectivity index (χ4n) is 3.52. The van der Waals surface area contributed by atoms with E-state index >= 15 is 0 Å². The van der Waals surface area contributed by atoms with Crippen LogP contribution in [0.15, 0.2) is 90.5 Å². The summed E-state index contributed by atoms with van der Waals surface area (Å²) in [7, 11) is 0. The molecule has 1 heterocycles. The smallest absolute Gasteiger partial charge is 0.267 e. The predicted octanol–water partition coefficient (Wildman–Crippen LogP) is 6.21. The summed E-state index contributed by atoms with van der Waals surface area (Å²) in [5, 5.41) is 0. The molecule has 1 aliphatic rings. The largest absolute Gasteiger partial charge is 0.489 e. The van der Waals surface area contributed by atoms with Crippen LogP contribution in [0.5, 0.6) is 5.75 Å². The minimum absolute atomic E-state index is 0.192. The number of benzene rings is 3. The maximum absolute atomic E-state index is 13.4. The second kappa shape index (κ2) is 7.84. The Morgan fingerprint density at radius 3 is 2.48 bits per heavy atom. The van der Waals surface area contributed by atoms with Crippen LogP contribution in [0.25, 0.3) is 5.57 Å². The number of fused-ring (bicyclic) bond motifs is 1. The monoisotopic (exact) mass is 386 g/mol. The lowest BCUT2D eigenvalue weighted by Gasteiger charge is -2.19. The SMILES string of the molecule is C=C(C)C1=C(c2ccc(F)cc2)c2ccc(OCc3ccccc3)cc2[N+](=O)C1. The third-order valence-corrected chi connectivity index (χ3v) is 5.01. The number of hydrogen-bond acceptors (Lipinski definition) is 2. The van der Waals surface area contributed by atoms with Crippen molar-refractivity contribution in [2.45, 2.75) is 13.5 Å². The van der Waals surface area contributed by atoms with E-state index in [1.54, 1.807) is 18.2 Å². The lowest BCUT2D eigenvalue weighted by atomic mass is 9.86. The van der Waals surface area contributed by atoms with Gasteiger partial charge in [0.05, 0.1) is 11.6 Å². The topological polar surface area (TPSA) is 29.3 Å². The molecule has 0 atom stereocenters. The minimum Gasteiger partial charge on any atom is -0.489 e. The molecular weight excluding hydrogens is 365 g/mol. The zero-order chi connectivity index (χ0) is 20.4. The van der Waals surface area contributed by atoms with Gasteiger partial charge in [0.2, 0.25) is 6.54 Å². The Balaban J connectivity index is 1.73. The summed E-state index contributed by atoms with van der Waals surface area (Å²) in [5.41, 5.74) is 5.84. The molecule has 29 heavy (non-hydrogen) atoms. The van der Waals surface area contributed by atoms with Crippen LogP contribution in [-0.2, 0) is 6.61 Å². The van der Waals surface area contributed by atoms with Crippen LogP contribution < -0.4 is 4.74 Å². The quantitative estimate of drug-likeness (QED) is 0.488. The molecule has 0 spiro atoms. The second-order valence-electron chi connectivity index (χ2n) is 7.13. The van der Waals surface area contributed by atoms with Gasteiger partial charge >= 0.3 is 0 Å². The highest BCUT2D eigenvalue weighted by molar-refractivity contribution is 5.89. The first-order valence-corrected chi connectivity index (χ1v) is 9.43. The van der Waals surface area contributed by atoms with Crippen molar-refractivity contribution in [3.63, 3.8) is 0 Å². The van der Waals surface area contributed by atoms with Gasteiger partial charge in [-0.2, -0.15) is 0 Å². The van der Waals surface area contributed by atoms with Crippen molar-refractivity contribution in [2.75, 3.05) is 6.54 Å². The molecule has 0 bridgehead atoms. The summed E-state index contributed by atoms with van der Waals surface area (Å²) < 4.78 is 20.3. The van der Waals surface area contributed by atoms with E-state index in [2.05, 4.69) is 6.58 Å². The zero-order valence-corrected chi connectivity index (χ0v) is 16.2. The van der Waals surface area contributed by atoms with Crippen LogP contribution in [0.2, 0.25) is 0 Å². The number of nitroso groups, excluding NO2 is 1. The lowest BCUT2D eigenvalue weighted by Crippen LogP contribution is -2.16. The summed E-state index contributed by atoms with van der Waals surface area (Å²) >= 11 is 0. The number of rotatable bonds is 5. The van der Waals surface area contributed by atoms with Gasteiger partial charge in [-0.3, -0.25) is 0 Å². The summed E-state index contributed by atoms with van der Waals surface area (Å²) in [4.78, 5) is 12.8. The van der Waals surface area contributed by atoms with Gasteiger partial charge in [-0.1, -0.05) is 49.0 Å². The Labute approximate surface area is 169 Å². The van der Waals surface area contributed by atoms with E-state index in [1.165, 1.54) is 12.1 Å². The van der Waals surface area contributed by atoms with Crippen LogP contribution in [0.4, 0.5) is 10.1 Å². The van der Waals surface area contributed by atoms with Gasteiger partial charge in [0.25, 0.3) is 5.69 Å². The first-order valence-electron chi connectivity index (χ1n) is 9.43. The molecule has 4 rings (SSSR count). The van der Waals surface area contributed by atoms with Crippen molar-refractivity contribution < 1.29 is 13.9 Å². The maximum atomic E-state index is 13.4. The first kappa shape index (κ1) is 18.8. The Bertz CT molecular complexity index is 1120. The predicted molar refractivity (Wildman–Crippen MR) is 113 cm³/mol. The summed E-state index contributed by atoms with van der Waals surface area (Å²) in [5.74, 6) is 0.336. The van der Waals surface area contributed by atoms with Crippen LogP contribution in [0, 0.1) is 10.7 Å². The molecule has 0 unspecified atom stereocenters. The number of halogens is 1. The maximum Gasteiger partial charge on any atom is 0.267 e. The lowest BCUT2D eigenvalue weighted by molar-refractivity contribution is -0.454. The molecule has 0 saturated carbocycles. The number of nitrogens with zero attached hydrogens (tertiary/aromatic N) is 1. The third kappa shape index (κ3) is 3.87. The first-order chi connectivity index (χ1) is 14.0. The third-order valence-electron chi connectivity index (χ3n) is 5.01. The summed E-state index contributed by atoms with van der Waals surface area (Å²) in [6.45, 7) is 6.54. The second-order valence-corrected chi connectivity index (χ2v) is 7.13. The highest BCUT2D eigenvalue weighted by Gasteiger charge is 2.32. The van der Waals surface area contributed by atoms with Gasteiger partial charge in [0.1, 0.15) is 18.2 Å². The Hall–Kier alpha value is -3.53. The molecule has 0 fully saturated rings. The molecular formula is C25H21FNO2+. The van der Waals surface area contributed by atoms with Crippen LogP contribution in [0.1, 0.15) is 23.6 Å². The van der Waals surface area contributed by atoms with Gasteiger partial charge in [-0.15, -0.1) is 0 Å². The molecule has 0 aromatic heterocycles. The molecule has 4 heteroatoms. The van der Waals surface area contributed by atoms with Crippen LogP contribution >= 0.6 is 0 Å². The minimum atomic E-state index is -0.294. The number of hydrogen-bond donors (Lipinski definition) is 0. The van der Waals surface area contributed by atoms with Crippen LogP contribution in [0.3, 0.4) is 0 Å². The molecule has 0 radical (unpaired) electrons. The number of ether oxygens (including phenoxy) is 1. The van der Waals surface area contributed by atoms with Crippen molar-refractivity contribution in [1.82, 2.24) is 0 Å². The van der Waals surface area contributed by atoms with E-state index < -0.39 is 0 Å². The van der Waals surface area contributed by atoms with E-state index in [-0.39, 0.29) is 12.4 Å². The molecule has 0 amide bonds. The molecule has 3 aromatic carbocycles.